The van der Waals surface area contributed by atoms with E-state index in [9.17, 15) is 0 Å². The molecular weight excluding hydrogens is 280 g/mol. The number of hydrogen-bond donors (Lipinski definition) is 0. The number of anilines is 1. The summed E-state index contributed by atoms with van der Waals surface area (Å²) < 4.78 is 2.87. The fourth-order valence-corrected chi connectivity index (χ4v) is 2.67. The molecule has 0 aliphatic carbocycles. The summed E-state index contributed by atoms with van der Waals surface area (Å²) in [6.07, 6.45) is 1.77. The lowest BCUT2D eigenvalue weighted by molar-refractivity contribution is 0.558. The summed E-state index contributed by atoms with van der Waals surface area (Å²) >= 11 is 4.84. The van der Waals surface area contributed by atoms with Crippen LogP contribution in [0, 0.1) is 0 Å². The molecule has 2 aromatic heterocycles. The van der Waals surface area contributed by atoms with E-state index in [2.05, 4.69) is 45.8 Å². The zero-order chi connectivity index (χ0) is 10.3. The number of aromatic nitrogens is 5. The quantitative estimate of drug-likeness (QED) is 0.780. The molecule has 0 saturated heterocycles. The van der Waals surface area contributed by atoms with Gasteiger partial charge in [-0.15, -0.1) is 20.4 Å². The fraction of sp³-hybridized carbons (Fsp3) is 0.429. The monoisotopic (exact) mass is 286 g/mol. The average molecular weight is 287 g/mol. The molecule has 0 N–H and O–H groups in total. The predicted octanol–water partition coefficient (Wildman–Crippen LogP) is 0.912. The Morgan fingerprint density at radius 2 is 2.20 bits per heavy atom. The van der Waals surface area contributed by atoms with Gasteiger partial charge < -0.3 is 9.47 Å². The van der Waals surface area contributed by atoms with Crippen LogP contribution >= 0.6 is 27.3 Å². The molecule has 1 aliphatic rings. The van der Waals surface area contributed by atoms with Gasteiger partial charge in [0, 0.05) is 13.1 Å². The second-order valence-electron chi connectivity index (χ2n) is 3.20. The van der Waals surface area contributed by atoms with Crippen molar-refractivity contribution >= 4 is 32.4 Å². The summed E-state index contributed by atoms with van der Waals surface area (Å²) in [5, 5.41) is 16.9. The molecule has 0 spiro atoms. The standard InChI is InChI=1S/C7H7BrN6S/c8-6-11-12-7(15-6)13-1-2-14-4-9-10-5(14)3-13/h4H,1-3H2. The maximum atomic E-state index is 4.09. The number of fused-ring (bicyclic) bond motifs is 1. The Bertz CT molecular complexity index is 479. The van der Waals surface area contributed by atoms with Gasteiger partial charge in [-0.3, -0.25) is 0 Å². The summed E-state index contributed by atoms with van der Waals surface area (Å²) in [6.45, 7) is 2.58. The van der Waals surface area contributed by atoms with E-state index in [4.69, 9.17) is 0 Å². The van der Waals surface area contributed by atoms with Crippen LogP contribution in [0.4, 0.5) is 5.13 Å². The van der Waals surface area contributed by atoms with Crippen molar-refractivity contribution in [2.24, 2.45) is 0 Å². The third kappa shape index (κ3) is 1.63. The molecule has 0 aromatic carbocycles. The van der Waals surface area contributed by atoms with Crippen LogP contribution in [-0.2, 0) is 13.1 Å². The molecule has 3 heterocycles. The van der Waals surface area contributed by atoms with E-state index in [1.165, 1.54) is 11.3 Å². The van der Waals surface area contributed by atoms with Crippen molar-refractivity contribution in [2.45, 2.75) is 13.1 Å². The van der Waals surface area contributed by atoms with Crippen molar-refractivity contribution in [3.8, 4) is 0 Å². The Morgan fingerprint density at radius 3 is 3.00 bits per heavy atom. The highest BCUT2D eigenvalue weighted by Gasteiger charge is 2.20. The highest BCUT2D eigenvalue weighted by molar-refractivity contribution is 9.11. The van der Waals surface area contributed by atoms with Gasteiger partial charge in [-0.05, 0) is 15.9 Å². The van der Waals surface area contributed by atoms with Crippen LogP contribution in [0.5, 0.6) is 0 Å². The first-order chi connectivity index (χ1) is 7.33. The molecule has 0 amide bonds. The maximum absolute atomic E-state index is 4.09. The van der Waals surface area contributed by atoms with Gasteiger partial charge in [-0.2, -0.15) is 0 Å². The Hall–Kier alpha value is -1.02. The van der Waals surface area contributed by atoms with Gasteiger partial charge in [0.1, 0.15) is 6.33 Å². The lowest BCUT2D eigenvalue weighted by Gasteiger charge is -2.25. The molecule has 1 aliphatic heterocycles. The maximum Gasteiger partial charge on any atom is 0.209 e. The van der Waals surface area contributed by atoms with Crippen molar-refractivity contribution in [3.63, 3.8) is 0 Å². The van der Waals surface area contributed by atoms with Gasteiger partial charge in [-0.25, -0.2) is 0 Å². The number of hydrogen-bond acceptors (Lipinski definition) is 6. The number of rotatable bonds is 1. The van der Waals surface area contributed by atoms with Crippen molar-refractivity contribution in [2.75, 3.05) is 11.4 Å². The van der Waals surface area contributed by atoms with Crippen LogP contribution < -0.4 is 4.90 Å². The SMILES string of the molecule is Brc1nnc(N2CCn3cnnc3C2)s1. The first-order valence-electron chi connectivity index (χ1n) is 4.43. The summed E-state index contributed by atoms with van der Waals surface area (Å²) in [5.41, 5.74) is 0. The van der Waals surface area contributed by atoms with Gasteiger partial charge in [0.25, 0.3) is 0 Å². The van der Waals surface area contributed by atoms with Crippen LogP contribution in [0.1, 0.15) is 5.82 Å². The summed E-state index contributed by atoms with van der Waals surface area (Å²) in [4.78, 5) is 2.16. The molecular formula is C7H7BrN6S. The molecule has 0 saturated carbocycles. The third-order valence-corrected chi connectivity index (χ3v) is 3.72. The molecule has 78 valence electrons. The molecule has 0 atom stereocenters. The molecule has 2 aromatic rings. The lowest BCUT2D eigenvalue weighted by atomic mass is 10.4. The Labute approximate surface area is 98.1 Å². The predicted molar refractivity (Wildman–Crippen MR) is 58.7 cm³/mol. The minimum absolute atomic E-state index is 0.752. The van der Waals surface area contributed by atoms with E-state index in [1.807, 2.05) is 0 Å². The van der Waals surface area contributed by atoms with Crippen molar-refractivity contribution in [3.05, 3.63) is 16.1 Å². The van der Waals surface area contributed by atoms with Gasteiger partial charge >= 0.3 is 0 Å². The van der Waals surface area contributed by atoms with Gasteiger partial charge in [0.15, 0.2) is 9.74 Å². The summed E-state index contributed by atoms with van der Waals surface area (Å²) in [7, 11) is 0. The molecule has 6 nitrogen and oxygen atoms in total. The zero-order valence-corrected chi connectivity index (χ0v) is 10.1. The molecule has 0 unspecified atom stereocenters. The third-order valence-electron chi connectivity index (χ3n) is 2.30. The molecule has 0 fully saturated rings. The second kappa shape index (κ2) is 3.53. The highest BCUT2D eigenvalue weighted by atomic mass is 79.9. The Balaban J connectivity index is 1.87. The van der Waals surface area contributed by atoms with Crippen LogP contribution in [0.25, 0.3) is 0 Å². The number of halogens is 1. The lowest BCUT2D eigenvalue weighted by Crippen LogP contribution is -2.33. The highest BCUT2D eigenvalue weighted by Crippen LogP contribution is 2.26. The molecule has 3 rings (SSSR count). The summed E-state index contributed by atoms with van der Waals surface area (Å²) in [6, 6.07) is 0. The molecule has 0 bridgehead atoms. The van der Waals surface area contributed by atoms with Gasteiger partial charge in [0.2, 0.25) is 5.13 Å². The van der Waals surface area contributed by atoms with E-state index in [0.717, 1.165) is 34.5 Å². The van der Waals surface area contributed by atoms with E-state index in [0.29, 0.717) is 0 Å². The molecule has 8 heteroatoms. The van der Waals surface area contributed by atoms with Gasteiger partial charge in [-0.1, -0.05) is 11.3 Å². The van der Waals surface area contributed by atoms with Crippen LogP contribution in [0.2, 0.25) is 0 Å². The Kier molecular flexibility index (Phi) is 2.17. The van der Waals surface area contributed by atoms with Crippen LogP contribution in [-0.4, -0.2) is 31.5 Å². The minimum atomic E-state index is 0.752. The average Bonchev–Trinajstić information content (AvgIpc) is 2.84. The van der Waals surface area contributed by atoms with Crippen molar-refractivity contribution < 1.29 is 0 Å². The normalized spacial score (nSPS) is 15.4. The first kappa shape index (κ1) is 9.22. The summed E-state index contributed by atoms with van der Waals surface area (Å²) in [5.74, 6) is 0.979. The first-order valence-corrected chi connectivity index (χ1v) is 6.04. The fourth-order valence-electron chi connectivity index (χ4n) is 1.56. The largest absolute Gasteiger partial charge is 0.337 e. The van der Waals surface area contributed by atoms with E-state index in [1.54, 1.807) is 6.33 Å². The zero-order valence-electron chi connectivity index (χ0n) is 7.67. The minimum Gasteiger partial charge on any atom is -0.337 e. The molecule has 15 heavy (non-hydrogen) atoms. The van der Waals surface area contributed by atoms with Crippen molar-refractivity contribution in [1.29, 1.82) is 0 Å². The second-order valence-corrected chi connectivity index (χ2v) is 5.43. The molecule has 0 radical (unpaired) electrons. The van der Waals surface area contributed by atoms with Gasteiger partial charge in [0.05, 0.1) is 6.54 Å². The topological polar surface area (TPSA) is 59.7 Å². The van der Waals surface area contributed by atoms with E-state index in [-0.39, 0.29) is 0 Å². The van der Waals surface area contributed by atoms with Crippen LogP contribution in [0.15, 0.2) is 10.2 Å². The van der Waals surface area contributed by atoms with E-state index < -0.39 is 0 Å². The van der Waals surface area contributed by atoms with Crippen LogP contribution in [0.3, 0.4) is 0 Å². The number of nitrogens with zero attached hydrogens (tertiary/aromatic N) is 6. The Morgan fingerprint density at radius 1 is 1.27 bits per heavy atom. The van der Waals surface area contributed by atoms with E-state index >= 15 is 0 Å². The van der Waals surface area contributed by atoms with Crippen molar-refractivity contribution in [1.82, 2.24) is 25.0 Å². The smallest absolute Gasteiger partial charge is 0.209 e.